The summed E-state index contributed by atoms with van der Waals surface area (Å²) in [6, 6.07) is 11.7. The number of carbonyl (C=O) groups is 1. The van der Waals surface area contributed by atoms with Crippen molar-refractivity contribution in [2.45, 2.75) is 13.0 Å². The van der Waals surface area contributed by atoms with Gasteiger partial charge in [0.1, 0.15) is 5.69 Å². The van der Waals surface area contributed by atoms with Crippen molar-refractivity contribution >= 4 is 17.4 Å². The highest BCUT2D eigenvalue weighted by Gasteiger charge is 2.16. The van der Waals surface area contributed by atoms with Crippen molar-refractivity contribution in [1.82, 2.24) is 19.9 Å². The number of nitrogens with one attached hydrogen (secondary N) is 2. The zero-order valence-corrected chi connectivity index (χ0v) is 16.3. The first-order chi connectivity index (χ1) is 13.5. The first-order valence-corrected chi connectivity index (χ1v) is 9.04. The lowest BCUT2D eigenvalue weighted by Crippen LogP contribution is -2.27. The van der Waals surface area contributed by atoms with Crippen LogP contribution >= 0.6 is 0 Å². The molecule has 0 aliphatic heterocycles. The largest absolute Gasteiger partial charge is 0.366 e. The van der Waals surface area contributed by atoms with Gasteiger partial charge in [0.15, 0.2) is 5.82 Å². The predicted octanol–water partition coefficient (Wildman–Crippen LogP) is 3.21. The second-order valence-corrected chi connectivity index (χ2v) is 6.66. The molecule has 28 heavy (non-hydrogen) atoms. The van der Waals surface area contributed by atoms with Gasteiger partial charge in [-0.05, 0) is 37.9 Å². The maximum absolute atomic E-state index is 11.3. The number of aromatic nitrogens is 3. The third kappa shape index (κ3) is 4.89. The Morgan fingerprint density at radius 1 is 1.11 bits per heavy atom. The minimum Gasteiger partial charge on any atom is -0.366 e. The van der Waals surface area contributed by atoms with E-state index in [2.05, 4.69) is 36.6 Å². The lowest BCUT2D eigenvalue weighted by Gasteiger charge is -2.25. The second kappa shape index (κ2) is 9.05. The third-order valence-corrected chi connectivity index (χ3v) is 4.31. The molecule has 2 heterocycles. The minimum atomic E-state index is -0.111. The molecule has 0 saturated heterocycles. The van der Waals surface area contributed by atoms with Crippen LogP contribution in [0.15, 0.2) is 61.2 Å². The van der Waals surface area contributed by atoms with E-state index in [0.29, 0.717) is 12.4 Å². The summed E-state index contributed by atoms with van der Waals surface area (Å²) in [6.45, 7) is 2.14. The molecule has 1 amide bonds. The fraction of sp³-hybridized carbons (Fsp3) is 0.238. The molecule has 0 aliphatic rings. The first-order valence-electron chi connectivity index (χ1n) is 9.04. The molecule has 2 aromatic heterocycles. The molecule has 0 aliphatic carbocycles. The summed E-state index contributed by atoms with van der Waals surface area (Å²) in [6.07, 6.45) is 6.97. The number of benzene rings is 1. The van der Waals surface area contributed by atoms with Crippen LogP contribution in [0.1, 0.15) is 18.5 Å². The molecule has 3 aromatic rings. The average molecular weight is 376 g/mol. The van der Waals surface area contributed by atoms with E-state index in [1.807, 2.05) is 50.6 Å². The van der Waals surface area contributed by atoms with Crippen LogP contribution in [0, 0.1) is 0 Å². The normalized spacial score (nSPS) is 11.9. The Bertz CT molecular complexity index is 929. The van der Waals surface area contributed by atoms with Crippen molar-refractivity contribution in [2.24, 2.45) is 0 Å². The van der Waals surface area contributed by atoms with E-state index in [9.17, 15) is 4.79 Å². The standard InChI is InChI=1S/C21H24N6O/c1-15(28)26-18-8-4-6-16(12-18)20-21(24-11-10-23-20)25-14-19(27(2)3)17-7-5-9-22-13-17/h4-13,19H,14H2,1-3H3,(H,24,25)(H,26,28). The SMILES string of the molecule is CC(=O)Nc1cccc(-c2nccnc2NCC(c2cccnc2)N(C)C)c1. The molecule has 1 unspecified atom stereocenters. The highest BCUT2D eigenvalue weighted by Crippen LogP contribution is 2.27. The van der Waals surface area contributed by atoms with Gasteiger partial charge < -0.3 is 15.5 Å². The number of anilines is 2. The number of likely N-dealkylation sites (N-methyl/N-ethyl adjacent to an activating group) is 1. The molecule has 144 valence electrons. The summed E-state index contributed by atoms with van der Waals surface area (Å²) in [5.41, 5.74) is 3.46. The molecule has 3 rings (SSSR count). The second-order valence-electron chi connectivity index (χ2n) is 6.66. The maximum Gasteiger partial charge on any atom is 0.221 e. The van der Waals surface area contributed by atoms with Gasteiger partial charge >= 0.3 is 0 Å². The molecule has 0 bridgehead atoms. The van der Waals surface area contributed by atoms with Crippen molar-refractivity contribution in [1.29, 1.82) is 0 Å². The van der Waals surface area contributed by atoms with Crippen LogP contribution in [0.2, 0.25) is 0 Å². The van der Waals surface area contributed by atoms with Crippen LogP contribution in [0.5, 0.6) is 0 Å². The third-order valence-electron chi connectivity index (χ3n) is 4.31. The molecule has 0 spiro atoms. The summed E-state index contributed by atoms with van der Waals surface area (Å²) in [5.74, 6) is 0.582. The Kier molecular flexibility index (Phi) is 6.29. The van der Waals surface area contributed by atoms with Gasteiger partial charge in [-0.3, -0.25) is 14.8 Å². The molecule has 0 fully saturated rings. The van der Waals surface area contributed by atoms with Crippen LogP contribution < -0.4 is 10.6 Å². The van der Waals surface area contributed by atoms with Gasteiger partial charge in [-0.25, -0.2) is 4.98 Å². The monoisotopic (exact) mass is 376 g/mol. The summed E-state index contributed by atoms with van der Waals surface area (Å²) in [7, 11) is 4.07. The van der Waals surface area contributed by atoms with E-state index in [1.54, 1.807) is 18.6 Å². The van der Waals surface area contributed by atoms with Crippen molar-refractivity contribution < 1.29 is 4.79 Å². The van der Waals surface area contributed by atoms with Gasteiger partial charge in [-0.15, -0.1) is 0 Å². The minimum absolute atomic E-state index is 0.111. The van der Waals surface area contributed by atoms with Gasteiger partial charge in [0.25, 0.3) is 0 Å². The fourth-order valence-corrected chi connectivity index (χ4v) is 2.99. The summed E-state index contributed by atoms with van der Waals surface area (Å²) < 4.78 is 0. The molecule has 7 heteroatoms. The van der Waals surface area contributed by atoms with Crippen molar-refractivity contribution in [2.75, 3.05) is 31.3 Å². The Morgan fingerprint density at radius 3 is 2.64 bits per heavy atom. The maximum atomic E-state index is 11.3. The quantitative estimate of drug-likeness (QED) is 0.659. The van der Waals surface area contributed by atoms with Crippen LogP contribution in [-0.2, 0) is 4.79 Å². The van der Waals surface area contributed by atoms with Crippen LogP contribution in [0.25, 0.3) is 11.3 Å². The number of amides is 1. The van der Waals surface area contributed by atoms with Gasteiger partial charge in [0.2, 0.25) is 5.91 Å². The van der Waals surface area contributed by atoms with E-state index in [-0.39, 0.29) is 11.9 Å². The number of pyridine rings is 1. The van der Waals surface area contributed by atoms with E-state index in [0.717, 1.165) is 22.5 Å². The van der Waals surface area contributed by atoms with E-state index in [1.165, 1.54) is 6.92 Å². The van der Waals surface area contributed by atoms with Gasteiger partial charge in [-0.2, -0.15) is 0 Å². The summed E-state index contributed by atoms with van der Waals surface area (Å²) in [5, 5.41) is 6.22. The first kappa shape index (κ1) is 19.4. The number of hydrogen-bond donors (Lipinski definition) is 2. The molecule has 1 atom stereocenters. The van der Waals surface area contributed by atoms with Crippen molar-refractivity contribution in [3.05, 3.63) is 66.7 Å². The van der Waals surface area contributed by atoms with Crippen molar-refractivity contribution in [3.8, 4) is 11.3 Å². The predicted molar refractivity (Wildman–Crippen MR) is 111 cm³/mol. The van der Waals surface area contributed by atoms with Gasteiger partial charge in [-0.1, -0.05) is 18.2 Å². The smallest absolute Gasteiger partial charge is 0.221 e. The molecule has 1 aromatic carbocycles. The molecular formula is C21H24N6O. The summed E-state index contributed by atoms with van der Waals surface area (Å²) >= 11 is 0. The Hall–Kier alpha value is -3.32. The number of rotatable bonds is 7. The Morgan fingerprint density at radius 2 is 1.93 bits per heavy atom. The van der Waals surface area contributed by atoms with E-state index < -0.39 is 0 Å². The Balaban J connectivity index is 1.84. The highest BCUT2D eigenvalue weighted by molar-refractivity contribution is 5.89. The zero-order chi connectivity index (χ0) is 19.9. The Labute approximate surface area is 164 Å². The molecule has 2 N–H and O–H groups in total. The number of hydrogen-bond acceptors (Lipinski definition) is 6. The van der Waals surface area contributed by atoms with Gasteiger partial charge in [0, 0.05) is 49.5 Å². The lowest BCUT2D eigenvalue weighted by molar-refractivity contribution is -0.114. The fourth-order valence-electron chi connectivity index (χ4n) is 2.99. The molecule has 0 radical (unpaired) electrons. The lowest BCUT2D eigenvalue weighted by atomic mass is 10.1. The van der Waals surface area contributed by atoms with Crippen molar-refractivity contribution in [3.63, 3.8) is 0 Å². The molecule has 7 nitrogen and oxygen atoms in total. The van der Waals surface area contributed by atoms with Crippen LogP contribution in [-0.4, -0.2) is 46.4 Å². The summed E-state index contributed by atoms with van der Waals surface area (Å²) in [4.78, 5) is 26.7. The van der Waals surface area contributed by atoms with Crippen LogP contribution in [0.4, 0.5) is 11.5 Å². The topological polar surface area (TPSA) is 83.0 Å². The molecular weight excluding hydrogens is 352 g/mol. The highest BCUT2D eigenvalue weighted by atomic mass is 16.1. The van der Waals surface area contributed by atoms with Gasteiger partial charge in [0.05, 0.1) is 6.04 Å². The molecule has 0 saturated carbocycles. The average Bonchev–Trinajstić information content (AvgIpc) is 2.69. The number of carbonyl (C=O) groups excluding carboxylic acids is 1. The number of nitrogens with zero attached hydrogens (tertiary/aromatic N) is 4. The van der Waals surface area contributed by atoms with E-state index >= 15 is 0 Å². The zero-order valence-electron chi connectivity index (χ0n) is 16.3. The van der Waals surface area contributed by atoms with E-state index in [4.69, 9.17) is 0 Å². The van der Waals surface area contributed by atoms with Crippen LogP contribution in [0.3, 0.4) is 0 Å².